The smallest absolute Gasteiger partial charge is 0.373 e. The van der Waals surface area contributed by atoms with E-state index in [2.05, 4.69) is 20.3 Å². The molecule has 11 nitrogen and oxygen atoms in total. The van der Waals surface area contributed by atoms with Gasteiger partial charge in [-0.05, 0) is 42.8 Å². The predicted octanol–water partition coefficient (Wildman–Crippen LogP) is 2.44. The van der Waals surface area contributed by atoms with Crippen molar-refractivity contribution in [1.29, 1.82) is 0 Å². The number of ether oxygens (including phenoxy) is 3. The fourth-order valence-electron chi connectivity index (χ4n) is 2.70. The van der Waals surface area contributed by atoms with Crippen LogP contribution in [0.5, 0.6) is 11.5 Å². The van der Waals surface area contributed by atoms with Crippen LogP contribution in [-0.4, -0.2) is 53.3 Å². The van der Waals surface area contributed by atoms with E-state index in [1.54, 1.807) is 24.3 Å². The molecule has 1 aromatic heterocycles. The number of esters is 1. The number of nitrogens with one attached hydrogen (secondary N) is 1. The lowest BCUT2D eigenvalue weighted by Crippen LogP contribution is -2.26. The second kappa shape index (κ2) is 11.2. The molecular weight excluding hydrogens is 454 g/mol. The van der Waals surface area contributed by atoms with Crippen molar-refractivity contribution in [3.8, 4) is 11.5 Å². The highest BCUT2D eigenvalue weighted by molar-refractivity contribution is 8.15. The van der Waals surface area contributed by atoms with Gasteiger partial charge in [-0.3, -0.25) is 9.59 Å². The molecule has 1 aromatic carbocycles. The van der Waals surface area contributed by atoms with E-state index in [1.165, 1.54) is 19.4 Å². The highest BCUT2D eigenvalue weighted by Crippen LogP contribution is 2.29. The van der Waals surface area contributed by atoms with Crippen LogP contribution in [0.2, 0.25) is 0 Å². The molecule has 1 saturated heterocycles. The minimum atomic E-state index is -1.06. The molecule has 0 aliphatic carbocycles. The van der Waals surface area contributed by atoms with Gasteiger partial charge >= 0.3 is 11.9 Å². The van der Waals surface area contributed by atoms with Gasteiger partial charge in [0.05, 0.1) is 26.4 Å². The molecule has 1 aliphatic rings. The summed E-state index contributed by atoms with van der Waals surface area (Å²) in [7, 11) is 1.27. The van der Waals surface area contributed by atoms with Gasteiger partial charge < -0.3 is 29.1 Å². The van der Waals surface area contributed by atoms with Gasteiger partial charge in [-0.15, -0.1) is 5.10 Å². The Morgan fingerprint density at radius 1 is 1.24 bits per heavy atom. The molecule has 1 atom stereocenters. The highest BCUT2D eigenvalue weighted by atomic mass is 32.2. The van der Waals surface area contributed by atoms with Crippen LogP contribution in [0.4, 0.5) is 0 Å². The van der Waals surface area contributed by atoms with E-state index in [-0.39, 0.29) is 24.0 Å². The summed E-state index contributed by atoms with van der Waals surface area (Å²) in [6.07, 6.45) is 1.17. The number of amides is 1. The zero-order valence-corrected chi connectivity index (χ0v) is 18.6. The molecular formula is C21H21N3O8S. The average Bonchev–Trinajstić information content (AvgIpc) is 3.39. The van der Waals surface area contributed by atoms with Gasteiger partial charge in [0.2, 0.25) is 11.7 Å². The van der Waals surface area contributed by atoms with Crippen molar-refractivity contribution in [3.63, 3.8) is 0 Å². The molecule has 2 heterocycles. The Hall–Kier alpha value is -3.80. The number of methoxy groups -OCH3 is 1. The van der Waals surface area contributed by atoms with Crippen LogP contribution < -0.4 is 14.8 Å². The quantitative estimate of drug-likeness (QED) is 0.300. The highest BCUT2D eigenvalue weighted by Gasteiger charge is 2.32. The molecule has 1 unspecified atom stereocenters. The number of furan rings is 1. The second-order valence-corrected chi connectivity index (χ2v) is 7.72. The number of carboxylic acid groups (broad SMARTS) is 1. The number of carbonyl (C=O) groups is 3. The minimum absolute atomic E-state index is 0.0760. The molecule has 0 bridgehead atoms. The molecule has 3 rings (SSSR count). The summed E-state index contributed by atoms with van der Waals surface area (Å²) in [6, 6.07) is 8.26. The molecule has 2 N–H and O–H groups in total. The van der Waals surface area contributed by atoms with Crippen molar-refractivity contribution in [2.24, 2.45) is 10.2 Å². The van der Waals surface area contributed by atoms with Crippen LogP contribution in [0.15, 0.2) is 45.0 Å². The van der Waals surface area contributed by atoms with Gasteiger partial charge in [0.1, 0.15) is 17.6 Å². The number of carbonyl (C=O) groups excluding carboxylic acids is 2. The van der Waals surface area contributed by atoms with E-state index in [4.69, 9.17) is 19.0 Å². The monoisotopic (exact) mass is 475 g/mol. The standard InChI is InChI=1S/C21H21N3O8S/c1-3-30-16-8-12(10-22-24-21-23-19(27)17(33-21)9-18(25)26)4-6-14(16)31-11-13-5-7-15(32-13)20(28)29-2/h4-8,10,17H,3,9,11H2,1-2H3,(H,25,26)(H,23,24,27). The molecule has 0 spiro atoms. The molecule has 1 amide bonds. The maximum atomic E-state index is 11.7. The molecule has 0 saturated carbocycles. The van der Waals surface area contributed by atoms with E-state index in [0.29, 0.717) is 29.4 Å². The maximum Gasteiger partial charge on any atom is 0.373 e. The normalized spacial score (nSPS) is 16.7. The van der Waals surface area contributed by atoms with Gasteiger partial charge in [0.25, 0.3) is 0 Å². The number of hydrogen-bond donors (Lipinski definition) is 2. The van der Waals surface area contributed by atoms with E-state index < -0.39 is 23.1 Å². The second-order valence-electron chi connectivity index (χ2n) is 6.53. The first kappa shape index (κ1) is 23.9. The van der Waals surface area contributed by atoms with Crippen molar-refractivity contribution in [3.05, 3.63) is 47.4 Å². The fraction of sp³-hybridized carbons (Fsp3) is 0.286. The fourth-order valence-corrected chi connectivity index (χ4v) is 3.62. The Labute approximate surface area is 192 Å². The first-order valence-electron chi connectivity index (χ1n) is 9.76. The van der Waals surface area contributed by atoms with Crippen LogP contribution in [-0.2, 0) is 20.9 Å². The third-order valence-electron chi connectivity index (χ3n) is 4.18. The van der Waals surface area contributed by atoms with Gasteiger partial charge in [-0.25, -0.2) is 4.79 Å². The first-order valence-corrected chi connectivity index (χ1v) is 10.6. The van der Waals surface area contributed by atoms with Crippen molar-refractivity contribution in [2.45, 2.75) is 25.2 Å². The molecule has 1 aliphatic heterocycles. The van der Waals surface area contributed by atoms with Crippen LogP contribution in [0, 0.1) is 0 Å². The first-order chi connectivity index (χ1) is 15.9. The lowest BCUT2D eigenvalue weighted by atomic mass is 10.2. The van der Waals surface area contributed by atoms with Crippen molar-refractivity contribution in [2.75, 3.05) is 13.7 Å². The topological polar surface area (TPSA) is 149 Å². The SMILES string of the molecule is CCOc1cc(C=NN=C2NC(=O)C(CC(=O)O)S2)ccc1OCc1ccc(C(=O)OC)o1. The Balaban J connectivity index is 1.64. The average molecular weight is 475 g/mol. The number of aliphatic carboxylic acids is 1. The third kappa shape index (κ3) is 6.59. The summed E-state index contributed by atoms with van der Waals surface area (Å²) in [5.41, 5.74) is 0.664. The summed E-state index contributed by atoms with van der Waals surface area (Å²) in [5.74, 6) is -0.584. The van der Waals surface area contributed by atoms with E-state index >= 15 is 0 Å². The van der Waals surface area contributed by atoms with E-state index in [9.17, 15) is 14.4 Å². The maximum absolute atomic E-state index is 11.7. The Kier molecular flexibility index (Phi) is 8.08. The number of nitrogens with zero attached hydrogens (tertiary/aromatic N) is 2. The Morgan fingerprint density at radius 2 is 2.06 bits per heavy atom. The van der Waals surface area contributed by atoms with Crippen molar-refractivity contribution < 1.29 is 38.1 Å². The van der Waals surface area contributed by atoms with Gasteiger partial charge in [-0.1, -0.05) is 11.8 Å². The number of rotatable bonds is 10. The minimum Gasteiger partial charge on any atom is -0.490 e. The lowest BCUT2D eigenvalue weighted by Gasteiger charge is -2.11. The van der Waals surface area contributed by atoms with Gasteiger partial charge in [-0.2, -0.15) is 5.10 Å². The zero-order valence-electron chi connectivity index (χ0n) is 17.8. The number of amidine groups is 1. The predicted molar refractivity (Wildman–Crippen MR) is 119 cm³/mol. The molecule has 1 fully saturated rings. The third-order valence-corrected chi connectivity index (χ3v) is 5.25. The van der Waals surface area contributed by atoms with Crippen molar-refractivity contribution >= 4 is 41.0 Å². The Morgan fingerprint density at radius 3 is 2.79 bits per heavy atom. The molecule has 2 aromatic rings. The molecule has 174 valence electrons. The van der Waals surface area contributed by atoms with Gasteiger partial charge in [0.15, 0.2) is 16.7 Å². The summed E-state index contributed by atoms with van der Waals surface area (Å²) in [5, 5.41) is 18.7. The molecule has 12 heteroatoms. The van der Waals surface area contributed by atoms with Crippen LogP contribution in [0.3, 0.4) is 0 Å². The zero-order chi connectivity index (χ0) is 23.8. The summed E-state index contributed by atoms with van der Waals surface area (Å²) < 4.78 is 21.4. The lowest BCUT2D eigenvalue weighted by molar-refractivity contribution is -0.138. The summed E-state index contributed by atoms with van der Waals surface area (Å²) in [4.78, 5) is 34.0. The summed E-state index contributed by atoms with van der Waals surface area (Å²) >= 11 is 1.02. The van der Waals surface area contributed by atoms with E-state index in [1.807, 2.05) is 6.92 Å². The molecule has 33 heavy (non-hydrogen) atoms. The van der Waals surface area contributed by atoms with Crippen LogP contribution in [0.25, 0.3) is 0 Å². The Bertz CT molecular complexity index is 1090. The van der Waals surface area contributed by atoms with E-state index in [0.717, 1.165) is 11.8 Å². The largest absolute Gasteiger partial charge is 0.490 e. The number of hydrogen-bond acceptors (Lipinski definition) is 10. The molecule has 0 radical (unpaired) electrons. The van der Waals surface area contributed by atoms with Gasteiger partial charge in [0, 0.05) is 0 Å². The van der Waals surface area contributed by atoms with Crippen LogP contribution >= 0.6 is 11.8 Å². The number of benzene rings is 1. The number of carboxylic acids is 1. The number of thioether (sulfide) groups is 1. The van der Waals surface area contributed by atoms with Crippen LogP contribution in [0.1, 0.15) is 35.2 Å². The summed E-state index contributed by atoms with van der Waals surface area (Å²) in [6.45, 7) is 2.31. The van der Waals surface area contributed by atoms with Crippen molar-refractivity contribution in [1.82, 2.24) is 5.32 Å².